The summed E-state index contributed by atoms with van der Waals surface area (Å²) in [5.41, 5.74) is 0. The van der Waals surface area contributed by atoms with Crippen molar-refractivity contribution in [2.24, 2.45) is 0 Å². The minimum atomic E-state index is -2.19. The van der Waals surface area contributed by atoms with Crippen molar-refractivity contribution < 1.29 is 59.4 Å². The molecule has 20 heavy (non-hydrogen) atoms. The second-order valence-electron chi connectivity index (χ2n) is 1.72. The monoisotopic (exact) mass is 762 g/mol. The molecule has 0 aromatic carbocycles. The van der Waals surface area contributed by atoms with Crippen LogP contribution in [0.4, 0.5) is 0 Å². The number of aliphatic carboxylic acids is 6. The predicted octanol–water partition coefficient (Wildman–Crippen LogP) is -10.5. The van der Waals surface area contributed by atoms with Gasteiger partial charge in [-0.05, 0) is 0 Å². The van der Waals surface area contributed by atoms with Gasteiger partial charge in [-0.25, -0.2) is 0 Å². The molecule has 0 aromatic heterocycles. The van der Waals surface area contributed by atoms with Gasteiger partial charge in [0.25, 0.3) is 0 Å². The van der Waals surface area contributed by atoms with Crippen LogP contribution in [0.1, 0.15) is 0 Å². The number of hydrogen-bond donors (Lipinski definition) is 0. The van der Waals surface area contributed by atoms with Gasteiger partial charge in [0.15, 0.2) is 0 Å². The Morgan fingerprint density at radius 2 is 0.400 bits per heavy atom. The Bertz CT molecular complexity index is 281. The van der Waals surface area contributed by atoms with Gasteiger partial charge in [-0.1, -0.05) is 0 Å². The van der Waals surface area contributed by atoms with E-state index >= 15 is 0 Å². The van der Waals surface area contributed by atoms with Gasteiger partial charge in [-0.3, -0.25) is 0 Å². The van der Waals surface area contributed by atoms with Crippen molar-refractivity contribution in [1.29, 1.82) is 0 Å². The third kappa shape index (κ3) is 38.5. The Hall–Kier alpha value is -5.18. The normalized spacial score (nSPS) is 6.60. The summed E-state index contributed by atoms with van der Waals surface area (Å²) < 4.78 is 0. The van der Waals surface area contributed by atoms with E-state index in [9.17, 15) is 0 Å². The van der Waals surface area contributed by atoms with E-state index in [-0.39, 0.29) is 0 Å². The molecule has 0 spiro atoms. The molecule has 0 saturated heterocycles. The quantitative estimate of drug-likeness (QED) is 0.209. The van der Waals surface area contributed by atoms with E-state index in [1.54, 1.807) is 0 Å². The Morgan fingerprint density at radius 1 is 0.350 bits per heavy atom. The molecule has 0 amide bonds. The number of carboxylic acid groups (broad SMARTS) is 6. The predicted molar refractivity (Wildman–Crippen MR) is 30.0 cm³/mol. The maximum atomic E-state index is 8.93. The zero-order valence-electron chi connectivity index (χ0n) is 8.53. The Kier molecular flexibility index (Phi) is 20.3. The van der Waals surface area contributed by atoms with Crippen LogP contribution in [0.15, 0.2) is 0 Å². The van der Waals surface area contributed by atoms with Gasteiger partial charge in [0.2, 0.25) is 0 Å². The molecule has 0 radical (unpaired) electrons. The summed E-state index contributed by atoms with van der Waals surface area (Å²) in [5, 5.41) is 53.6. The number of hydrogen-bond acceptors (Lipinski definition) is 12. The molecule has 0 N–H and O–H groups in total. The summed E-state index contributed by atoms with van der Waals surface area (Å²) in [6.45, 7) is 0. The van der Waals surface area contributed by atoms with E-state index in [0.29, 0.717) is 0 Å². The maximum absolute atomic E-state index is 8.93. The van der Waals surface area contributed by atoms with Crippen molar-refractivity contribution in [3.05, 3.63) is 0 Å². The van der Waals surface area contributed by atoms with Crippen molar-refractivity contribution in [2.45, 2.75) is 0 Å². The van der Waals surface area contributed by atoms with Crippen LogP contribution in [0.3, 0.4) is 0 Å². The molecule has 0 unspecified atom stereocenters. The second-order valence-corrected chi connectivity index (χ2v) is 1.72. The summed E-state index contributed by atoms with van der Waals surface area (Å²) in [6, 6.07) is 0. The standard InChI is InChI=1S/3C2H2O4.2Cf/c3*3-1(4)2(5)6;;/h3*(H,3,4)(H,5,6);;/p-6. The van der Waals surface area contributed by atoms with Crippen molar-refractivity contribution >= 4 is 35.8 Å². The summed E-state index contributed by atoms with van der Waals surface area (Å²) >= 11 is 0. The fraction of sp³-hybridized carbons (Fsp3) is 0. The minimum absolute atomic E-state index is 0. The van der Waals surface area contributed by atoms with Crippen molar-refractivity contribution in [3.8, 4) is 0 Å². The van der Waals surface area contributed by atoms with E-state index < -0.39 is 35.8 Å². The summed E-state index contributed by atoms with van der Waals surface area (Å²) in [7, 11) is 0. The zero-order valence-corrected chi connectivity index (χ0v) is 13.8. The number of carbonyl (C=O) groups excluding carboxylic acids is 6. The molecule has 14 heteroatoms. The van der Waals surface area contributed by atoms with Gasteiger partial charge in [0, 0.05) is 0 Å². The van der Waals surface area contributed by atoms with Crippen molar-refractivity contribution in [2.75, 3.05) is 0 Å². The Balaban J connectivity index is -0.0000000536. The van der Waals surface area contributed by atoms with E-state index in [4.69, 9.17) is 59.4 Å². The van der Waals surface area contributed by atoms with Crippen LogP contribution in [0.2, 0.25) is 0 Å². The summed E-state index contributed by atoms with van der Waals surface area (Å²) in [5.74, 6) is -13.1. The fourth-order valence-electron chi connectivity index (χ4n) is 0. The molecular weight excluding hydrogens is 766 g/mol. The third-order valence-corrected chi connectivity index (χ3v) is 0.500. The summed E-state index contributed by atoms with van der Waals surface area (Å²) in [6.07, 6.45) is 0. The zero-order chi connectivity index (χ0) is 15.5. The SMILES string of the molecule is O=C([O-])C(=O)[O-].O=C([O-])C(=O)[O-].O=C([O-])C(=O)[O-].[Cf].[Cf]. The Labute approximate surface area is 96.3 Å². The molecular formula is C6Cf2O12-6. The van der Waals surface area contributed by atoms with Gasteiger partial charge in [-0.2, -0.15) is 0 Å². The van der Waals surface area contributed by atoms with Crippen LogP contribution in [0.25, 0.3) is 0 Å². The molecule has 0 aromatic rings. The van der Waals surface area contributed by atoms with E-state index in [0.717, 1.165) is 0 Å². The molecule has 0 aliphatic rings. The van der Waals surface area contributed by atoms with Crippen molar-refractivity contribution in [3.63, 3.8) is 0 Å². The third-order valence-electron chi connectivity index (χ3n) is 0.500. The molecule has 0 atom stereocenters. The number of carbonyl (C=O) groups is 6. The van der Waals surface area contributed by atoms with E-state index in [1.165, 1.54) is 0 Å². The topological polar surface area (TPSA) is 241 Å². The van der Waals surface area contributed by atoms with Crippen LogP contribution in [0, 0.1) is 0 Å². The van der Waals surface area contributed by atoms with E-state index in [2.05, 4.69) is 0 Å². The first-order valence-corrected chi connectivity index (χ1v) is 3.20. The molecule has 122 valence electrons. The van der Waals surface area contributed by atoms with Crippen molar-refractivity contribution in [1.82, 2.24) is 0 Å². The first-order valence-electron chi connectivity index (χ1n) is 3.20. The van der Waals surface area contributed by atoms with Crippen LogP contribution >= 0.6 is 0 Å². The average molecular weight is 766 g/mol. The molecule has 0 heterocycles. The molecule has 0 aliphatic heterocycles. The number of carboxylic acids is 6. The van der Waals surface area contributed by atoms with Crippen LogP contribution in [0.5, 0.6) is 0 Å². The van der Waals surface area contributed by atoms with Gasteiger partial charge >= 0.3 is 0 Å². The van der Waals surface area contributed by atoms with Gasteiger partial charge in [0.05, 0.1) is 35.8 Å². The largest absolute Gasteiger partial charge is 0.543 e. The maximum Gasteiger partial charge on any atom is 0.0870 e. The minimum Gasteiger partial charge on any atom is -0.543 e. The average Bonchev–Trinajstić information content (AvgIpc) is 2.18. The Morgan fingerprint density at radius 3 is 0.400 bits per heavy atom. The molecule has 0 bridgehead atoms. The first kappa shape index (κ1) is 29.4. The van der Waals surface area contributed by atoms with Crippen LogP contribution < -0.4 is 30.6 Å². The second kappa shape index (κ2) is 13.8. The van der Waals surface area contributed by atoms with Crippen LogP contribution in [-0.4, -0.2) is 35.8 Å². The number of rotatable bonds is 0. The van der Waals surface area contributed by atoms with Gasteiger partial charge in [0.1, 0.15) is 0 Å². The van der Waals surface area contributed by atoms with Gasteiger partial charge in [-0.15, -0.1) is 0 Å². The summed E-state index contributed by atoms with van der Waals surface area (Å²) in [4.78, 5) is 53.6. The van der Waals surface area contributed by atoms with E-state index in [1.807, 2.05) is 0 Å². The fourth-order valence-corrected chi connectivity index (χ4v) is 0. The molecule has 0 saturated carbocycles. The molecule has 12 nitrogen and oxygen atoms in total. The first-order chi connectivity index (χ1) is 7.93. The molecule has 0 aliphatic carbocycles. The molecule has 0 rings (SSSR count). The van der Waals surface area contributed by atoms with Crippen LogP contribution in [-0.2, 0) is 28.8 Å². The van der Waals surface area contributed by atoms with Gasteiger partial charge < -0.3 is 59.4 Å². The smallest absolute Gasteiger partial charge is 0.0870 e. The molecule has 0 fully saturated rings.